The molecule has 0 aliphatic carbocycles. The fourth-order valence-electron chi connectivity index (χ4n) is 5.04. The van der Waals surface area contributed by atoms with E-state index in [-0.39, 0.29) is 16.9 Å². The van der Waals surface area contributed by atoms with Crippen molar-refractivity contribution >= 4 is 59.9 Å². The van der Waals surface area contributed by atoms with Crippen molar-refractivity contribution in [3.8, 4) is 0 Å². The van der Waals surface area contributed by atoms with E-state index in [1.165, 1.54) is 27.8 Å². The molecule has 1 aromatic heterocycles. The predicted octanol–water partition coefficient (Wildman–Crippen LogP) is 5.92. The number of nitrogens with zero attached hydrogens (tertiary/aromatic N) is 3. The molecule has 7 nitrogen and oxygen atoms in total. The number of fused-ring (bicyclic) bond motifs is 2. The number of hydrogen-bond acceptors (Lipinski definition) is 6. The highest BCUT2D eigenvalue weighted by Gasteiger charge is 2.30. The van der Waals surface area contributed by atoms with Crippen molar-refractivity contribution in [1.29, 1.82) is 0 Å². The number of benzene rings is 3. The van der Waals surface area contributed by atoms with E-state index in [2.05, 4.69) is 4.98 Å². The molecule has 2 aliphatic heterocycles. The van der Waals surface area contributed by atoms with Gasteiger partial charge in [0, 0.05) is 23.7 Å². The van der Waals surface area contributed by atoms with Gasteiger partial charge in [0.25, 0.3) is 15.9 Å². The van der Waals surface area contributed by atoms with Gasteiger partial charge in [-0.05, 0) is 79.8 Å². The second-order valence-corrected chi connectivity index (χ2v) is 12.8. The van der Waals surface area contributed by atoms with Gasteiger partial charge in [0.05, 0.1) is 33.4 Å². The second-order valence-electron chi connectivity index (χ2n) is 9.49. The Kier molecular flexibility index (Phi) is 6.86. The SMILES string of the molecule is O=C(c1ccc(S(=O)(=O)N2CCCc3ccccc32)cc1)N(CC1CCCO1)c1nc2ccc(Cl)cc2s1. The summed E-state index contributed by atoms with van der Waals surface area (Å²) in [5.41, 5.74) is 2.90. The number of halogens is 1. The Labute approximate surface area is 230 Å². The zero-order valence-electron chi connectivity index (χ0n) is 20.5. The van der Waals surface area contributed by atoms with Crippen LogP contribution in [0.5, 0.6) is 0 Å². The summed E-state index contributed by atoms with van der Waals surface area (Å²) in [6.45, 7) is 1.47. The molecule has 3 aromatic carbocycles. The number of anilines is 2. The number of carbonyl (C=O) groups excluding carboxylic acids is 1. The molecule has 0 N–H and O–H groups in total. The van der Waals surface area contributed by atoms with Crippen molar-refractivity contribution in [3.63, 3.8) is 0 Å². The highest BCUT2D eigenvalue weighted by Crippen LogP contribution is 2.34. The van der Waals surface area contributed by atoms with Crippen LogP contribution in [-0.4, -0.2) is 45.1 Å². The summed E-state index contributed by atoms with van der Waals surface area (Å²) in [4.78, 5) is 20.2. The number of para-hydroxylation sites is 1. The largest absolute Gasteiger partial charge is 0.376 e. The Morgan fingerprint density at radius 3 is 2.71 bits per heavy atom. The highest BCUT2D eigenvalue weighted by molar-refractivity contribution is 7.92. The van der Waals surface area contributed by atoms with E-state index in [0.29, 0.717) is 35.4 Å². The van der Waals surface area contributed by atoms with Crippen LogP contribution in [0, 0.1) is 0 Å². The van der Waals surface area contributed by atoms with Gasteiger partial charge in [0.1, 0.15) is 0 Å². The van der Waals surface area contributed by atoms with E-state index in [4.69, 9.17) is 16.3 Å². The van der Waals surface area contributed by atoms with Crippen LogP contribution >= 0.6 is 22.9 Å². The third-order valence-electron chi connectivity index (χ3n) is 6.98. The van der Waals surface area contributed by atoms with Gasteiger partial charge in [-0.2, -0.15) is 0 Å². The van der Waals surface area contributed by atoms with Crippen LogP contribution in [0.1, 0.15) is 35.2 Å². The van der Waals surface area contributed by atoms with Gasteiger partial charge in [-0.15, -0.1) is 0 Å². The minimum atomic E-state index is -3.76. The lowest BCUT2D eigenvalue weighted by atomic mass is 10.0. The number of ether oxygens (including phenoxy) is 1. The molecule has 0 saturated carbocycles. The fourth-order valence-corrected chi connectivity index (χ4v) is 7.83. The van der Waals surface area contributed by atoms with E-state index < -0.39 is 10.0 Å². The fraction of sp³-hybridized carbons (Fsp3) is 0.286. The first-order chi connectivity index (χ1) is 18.4. The first-order valence-electron chi connectivity index (χ1n) is 12.6. The van der Waals surface area contributed by atoms with Crippen LogP contribution in [-0.2, 0) is 21.2 Å². The maximum absolute atomic E-state index is 13.8. The molecule has 6 rings (SSSR count). The molecule has 196 valence electrons. The number of amides is 1. The monoisotopic (exact) mass is 567 g/mol. The number of carbonyl (C=O) groups is 1. The third kappa shape index (κ3) is 4.80. The van der Waals surface area contributed by atoms with E-state index in [0.717, 1.165) is 47.2 Å². The average Bonchev–Trinajstić information content (AvgIpc) is 3.60. The summed E-state index contributed by atoms with van der Waals surface area (Å²) in [5, 5.41) is 1.17. The molecular formula is C28H26ClN3O4S2. The zero-order chi connectivity index (χ0) is 26.3. The Morgan fingerprint density at radius 2 is 1.92 bits per heavy atom. The van der Waals surface area contributed by atoms with E-state index in [1.807, 2.05) is 36.4 Å². The lowest BCUT2D eigenvalue weighted by Gasteiger charge is -2.30. The molecule has 1 atom stereocenters. The van der Waals surface area contributed by atoms with Crippen molar-refractivity contribution in [1.82, 2.24) is 4.98 Å². The zero-order valence-corrected chi connectivity index (χ0v) is 22.9. The lowest BCUT2D eigenvalue weighted by molar-refractivity contribution is 0.0917. The van der Waals surface area contributed by atoms with E-state index >= 15 is 0 Å². The normalized spacial score (nSPS) is 17.5. The lowest BCUT2D eigenvalue weighted by Crippen LogP contribution is -2.37. The van der Waals surface area contributed by atoms with Crippen molar-refractivity contribution in [2.24, 2.45) is 0 Å². The smallest absolute Gasteiger partial charge is 0.264 e. The number of rotatable bonds is 6. The molecule has 38 heavy (non-hydrogen) atoms. The molecule has 0 spiro atoms. The Bertz CT molecular complexity index is 1600. The first kappa shape index (κ1) is 25.3. The summed E-state index contributed by atoms with van der Waals surface area (Å²) >= 11 is 7.56. The molecular weight excluding hydrogens is 542 g/mol. The van der Waals surface area contributed by atoms with Gasteiger partial charge in [0.15, 0.2) is 5.13 Å². The van der Waals surface area contributed by atoms with Gasteiger partial charge < -0.3 is 4.74 Å². The van der Waals surface area contributed by atoms with Crippen LogP contribution < -0.4 is 9.21 Å². The number of aromatic nitrogens is 1. The quantitative estimate of drug-likeness (QED) is 0.289. The van der Waals surface area contributed by atoms with Crippen LogP contribution in [0.15, 0.2) is 71.6 Å². The number of thiazole rings is 1. The maximum atomic E-state index is 13.8. The molecule has 0 radical (unpaired) electrons. The standard InChI is InChI=1S/C28H26ClN3O4S2/c29-21-11-14-24-26(17-21)37-28(30-24)31(18-22-7-4-16-36-22)27(33)20-9-12-23(13-10-20)38(34,35)32-15-3-6-19-5-1-2-8-25(19)32/h1-2,5,8-14,17,22H,3-4,6-7,15-16,18H2. The van der Waals surface area contributed by atoms with Crippen LogP contribution in [0.4, 0.5) is 10.8 Å². The third-order valence-corrected chi connectivity index (χ3v) is 10.1. The van der Waals surface area contributed by atoms with Gasteiger partial charge in [-0.3, -0.25) is 14.0 Å². The van der Waals surface area contributed by atoms with Crippen molar-refractivity contribution < 1.29 is 17.9 Å². The van der Waals surface area contributed by atoms with E-state index in [9.17, 15) is 13.2 Å². The maximum Gasteiger partial charge on any atom is 0.264 e. The van der Waals surface area contributed by atoms with E-state index in [1.54, 1.807) is 23.1 Å². The van der Waals surface area contributed by atoms with Crippen LogP contribution in [0.2, 0.25) is 5.02 Å². The summed E-state index contributed by atoms with van der Waals surface area (Å²) in [5.74, 6) is -0.252. The summed E-state index contributed by atoms with van der Waals surface area (Å²) in [7, 11) is -3.76. The molecule has 1 unspecified atom stereocenters. The molecule has 10 heteroatoms. The molecule has 0 bridgehead atoms. The van der Waals surface area contributed by atoms with Crippen molar-refractivity contribution in [2.45, 2.75) is 36.7 Å². The minimum Gasteiger partial charge on any atom is -0.376 e. The summed E-state index contributed by atoms with van der Waals surface area (Å²) < 4.78 is 35.3. The summed E-state index contributed by atoms with van der Waals surface area (Å²) in [6.07, 6.45) is 3.36. The molecule has 1 amide bonds. The molecule has 1 saturated heterocycles. The average molecular weight is 568 g/mol. The Hall–Kier alpha value is -2.98. The first-order valence-corrected chi connectivity index (χ1v) is 15.2. The minimum absolute atomic E-state index is 0.0756. The highest BCUT2D eigenvalue weighted by atomic mass is 35.5. The molecule has 4 aromatic rings. The number of sulfonamides is 1. The van der Waals surface area contributed by atoms with Gasteiger partial charge in [-0.25, -0.2) is 13.4 Å². The van der Waals surface area contributed by atoms with Gasteiger partial charge in [-0.1, -0.05) is 41.1 Å². The summed E-state index contributed by atoms with van der Waals surface area (Å²) in [6, 6.07) is 19.2. The van der Waals surface area contributed by atoms with Crippen LogP contribution in [0.3, 0.4) is 0 Å². The molecule has 2 aliphatic rings. The van der Waals surface area contributed by atoms with Crippen LogP contribution in [0.25, 0.3) is 10.2 Å². The Morgan fingerprint density at radius 1 is 1.11 bits per heavy atom. The van der Waals surface area contributed by atoms with Crippen molar-refractivity contribution in [2.75, 3.05) is 28.9 Å². The topological polar surface area (TPSA) is 79.8 Å². The Balaban J connectivity index is 1.30. The number of hydrogen-bond donors (Lipinski definition) is 0. The number of aryl methyl sites for hydroxylation is 1. The molecule has 1 fully saturated rings. The van der Waals surface area contributed by atoms with Gasteiger partial charge in [0.2, 0.25) is 0 Å². The predicted molar refractivity (Wildman–Crippen MR) is 151 cm³/mol. The van der Waals surface area contributed by atoms with Gasteiger partial charge >= 0.3 is 0 Å². The molecule has 3 heterocycles. The second kappa shape index (κ2) is 10.3. The van der Waals surface area contributed by atoms with Crippen molar-refractivity contribution in [3.05, 3.63) is 82.9 Å².